The zero-order valence-corrected chi connectivity index (χ0v) is 25.5. The average molecular weight is 648 g/mol. The molecule has 236 valence electrons. The fraction of sp³-hybridized carbons (Fsp3) is 0.357. The number of sulfonamides is 1. The molecular weight excluding hydrogens is 614 g/mol. The van der Waals surface area contributed by atoms with Gasteiger partial charge in [0.25, 0.3) is 11.6 Å². The molecule has 1 amide bonds. The van der Waals surface area contributed by atoms with E-state index in [2.05, 4.69) is 15.6 Å². The van der Waals surface area contributed by atoms with Crippen molar-refractivity contribution in [3.05, 3.63) is 86.9 Å². The Bertz CT molecular complexity index is 1520. The quantitative estimate of drug-likeness (QED) is 0.118. The average Bonchev–Trinajstić information content (AvgIpc) is 3.58. The van der Waals surface area contributed by atoms with Crippen LogP contribution in [0.15, 0.2) is 76.8 Å². The molecule has 0 unspecified atom stereocenters. The minimum atomic E-state index is -3.92. The van der Waals surface area contributed by atoms with E-state index in [1.807, 2.05) is 17.5 Å². The number of aliphatic hydroxyl groups excluding tert-OH is 1. The van der Waals surface area contributed by atoms with Crippen molar-refractivity contribution in [3.63, 3.8) is 0 Å². The third-order valence-electron chi connectivity index (χ3n) is 6.56. The molecule has 2 aromatic heterocycles. The molecule has 16 heteroatoms. The van der Waals surface area contributed by atoms with Crippen LogP contribution in [-0.4, -0.2) is 86.4 Å². The number of pyridine rings is 1. The lowest BCUT2D eigenvalue weighted by Gasteiger charge is -2.29. The number of methoxy groups -OCH3 is 1. The Morgan fingerprint density at radius 1 is 1.20 bits per heavy atom. The molecule has 3 N–H and O–H groups in total. The Morgan fingerprint density at radius 3 is 2.64 bits per heavy atom. The van der Waals surface area contributed by atoms with E-state index in [0.29, 0.717) is 24.5 Å². The normalized spacial score (nSPS) is 16.6. The maximum atomic E-state index is 13.2. The lowest BCUT2D eigenvalue weighted by Crippen LogP contribution is -2.38. The fourth-order valence-corrected chi connectivity index (χ4v) is 6.54. The van der Waals surface area contributed by atoms with Gasteiger partial charge >= 0.3 is 0 Å². The van der Waals surface area contributed by atoms with Crippen LogP contribution in [0, 0.1) is 10.1 Å². The molecule has 0 bridgehead atoms. The Kier molecular flexibility index (Phi) is 11.6. The van der Waals surface area contributed by atoms with E-state index in [4.69, 9.17) is 14.2 Å². The molecule has 0 fully saturated rings. The molecule has 1 aliphatic rings. The largest absolute Gasteiger partial charge is 0.497 e. The second-order valence-electron chi connectivity index (χ2n) is 9.45. The summed E-state index contributed by atoms with van der Waals surface area (Å²) in [6.07, 6.45) is 2.47. The van der Waals surface area contributed by atoms with Gasteiger partial charge in [-0.05, 0) is 47.9 Å². The summed E-state index contributed by atoms with van der Waals surface area (Å²) in [5.74, 6) is 0.400. The molecular formula is C28H33N5O9S2. The van der Waals surface area contributed by atoms with E-state index in [0.717, 1.165) is 15.4 Å². The number of hydrogen-bond donors (Lipinski definition) is 3. The maximum absolute atomic E-state index is 13.2. The van der Waals surface area contributed by atoms with E-state index in [9.17, 15) is 28.4 Å². The van der Waals surface area contributed by atoms with Crippen molar-refractivity contribution in [1.82, 2.24) is 14.6 Å². The van der Waals surface area contributed by atoms with Crippen LogP contribution in [0.2, 0.25) is 0 Å². The van der Waals surface area contributed by atoms with Crippen molar-refractivity contribution in [2.75, 3.05) is 51.8 Å². The maximum Gasteiger partial charge on any atom is 0.287 e. The fourth-order valence-electron chi connectivity index (χ4n) is 4.32. The molecule has 1 aromatic carbocycles. The second kappa shape index (κ2) is 15.6. The van der Waals surface area contributed by atoms with Crippen LogP contribution in [0.1, 0.15) is 17.2 Å². The zero-order valence-electron chi connectivity index (χ0n) is 23.8. The highest BCUT2D eigenvalue weighted by molar-refractivity contribution is 7.89. The van der Waals surface area contributed by atoms with Crippen molar-refractivity contribution < 1.29 is 37.5 Å². The first-order chi connectivity index (χ1) is 21.2. The van der Waals surface area contributed by atoms with E-state index in [1.165, 1.54) is 42.7 Å². The minimum absolute atomic E-state index is 0.0434. The van der Waals surface area contributed by atoms with Crippen molar-refractivity contribution in [2.24, 2.45) is 0 Å². The number of aliphatic hydroxyl groups is 1. The van der Waals surface area contributed by atoms with Crippen LogP contribution >= 0.6 is 11.3 Å². The van der Waals surface area contributed by atoms with E-state index in [1.54, 1.807) is 18.2 Å². The molecule has 4 rings (SSSR count). The number of carbonyl (C=O) groups is 1. The molecule has 1 aliphatic heterocycles. The molecule has 3 aromatic rings. The highest BCUT2D eigenvalue weighted by atomic mass is 32.2. The Labute approximate surface area is 258 Å². The molecule has 0 radical (unpaired) electrons. The van der Waals surface area contributed by atoms with Crippen LogP contribution < -0.4 is 15.4 Å². The number of amides is 1. The van der Waals surface area contributed by atoms with Crippen molar-refractivity contribution in [2.45, 2.75) is 23.5 Å². The first-order valence-corrected chi connectivity index (χ1v) is 15.9. The summed E-state index contributed by atoms with van der Waals surface area (Å²) in [4.78, 5) is 28.3. The van der Waals surface area contributed by atoms with Crippen molar-refractivity contribution in [3.8, 4) is 5.75 Å². The Morgan fingerprint density at radius 2 is 2.00 bits per heavy atom. The van der Waals surface area contributed by atoms with Gasteiger partial charge in [0.05, 0.1) is 30.1 Å². The zero-order chi connectivity index (χ0) is 31.5. The predicted octanol–water partition coefficient (Wildman–Crippen LogP) is 2.70. The highest BCUT2D eigenvalue weighted by Crippen LogP contribution is 2.34. The van der Waals surface area contributed by atoms with Crippen LogP contribution in [0.5, 0.6) is 5.75 Å². The molecule has 14 nitrogen and oxygen atoms in total. The summed E-state index contributed by atoms with van der Waals surface area (Å²) < 4.78 is 44.4. The first-order valence-electron chi connectivity index (χ1n) is 13.6. The number of benzene rings is 1. The summed E-state index contributed by atoms with van der Waals surface area (Å²) in [5.41, 5.74) is -0.123. The number of anilines is 1. The number of nitrogens with one attached hydrogen (secondary N) is 2. The number of thiophene rings is 1. The second-order valence-corrected chi connectivity index (χ2v) is 12.4. The lowest BCUT2D eigenvalue weighted by atomic mass is 9.99. The van der Waals surface area contributed by atoms with Crippen LogP contribution in [0.3, 0.4) is 0 Å². The Hall–Kier alpha value is -4.09. The Balaban J connectivity index is 1.34. The number of nitrogens with zero attached hydrogens (tertiary/aromatic N) is 3. The van der Waals surface area contributed by atoms with Gasteiger partial charge in [0.1, 0.15) is 17.8 Å². The van der Waals surface area contributed by atoms with Gasteiger partial charge in [-0.2, -0.15) is 4.31 Å². The number of allylic oxidation sites excluding steroid dienone is 1. The van der Waals surface area contributed by atoms with Crippen LogP contribution in [-0.2, 0) is 24.3 Å². The third-order valence-corrected chi connectivity index (χ3v) is 9.47. The number of ether oxygens (including phenoxy) is 3. The number of hydrogen-bond acceptors (Lipinski definition) is 12. The van der Waals surface area contributed by atoms with Gasteiger partial charge in [-0.15, -0.1) is 11.3 Å². The van der Waals surface area contributed by atoms with Gasteiger partial charge in [0.15, 0.2) is 5.76 Å². The molecule has 0 spiro atoms. The summed E-state index contributed by atoms with van der Waals surface area (Å²) in [7, 11) is -2.43. The van der Waals surface area contributed by atoms with Crippen LogP contribution in [0.4, 0.5) is 11.5 Å². The van der Waals surface area contributed by atoms with Gasteiger partial charge in [-0.25, -0.2) is 13.4 Å². The molecule has 0 saturated carbocycles. The number of rotatable bonds is 16. The van der Waals surface area contributed by atoms with Crippen LogP contribution in [0.25, 0.3) is 0 Å². The van der Waals surface area contributed by atoms with Gasteiger partial charge < -0.3 is 30.0 Å². The summed E-state index contributed by atoms with van der Waals surface area (Å²) in [5, 5.41) is 28.0. The van der Waals surface area contributed by atoms with Gasteiger partial charge in [-0.3, -0.25) is 14.9 Å². The van der Waals surface area contributed by atoms with Crippen molar-refractivity contribution in [1.29, 1.82) is 0 Å². The van der Waals surface area contributed by atoms with Gasteiger partial charge in [0, 0.05) is 49.5 Å². The third kappa shape index (κ3) is 8.73. The predicted molar refractivity (Wildman–Crippen MR) is 162 cm³/mol. The van der Waals surface area contributed by atoms with E-state index < -0.39 is 27.1 Å². The summed E-state index contributed by atoms with van der Waals surface area (Å²) >= 11 is 1.54. The number of aromatic nitrogens is 1. The molecule has 0 saturated heterocycles. The lowest BCUT2D eigenvalue weighted by molar-refractivity contribution is -0.385. The minimum Gasteiger partial charge on any atom is -0.497 e. The SMILES string of the molecule is COc1ccc(S(=O)(=O)N(CCO)CCO[C@@H]2C[C@H](c3cccs3)C=C(C(=O)NCCNc3ccc([N+](=O)[O-])cn3)O2)cc1. The molecule has 44 heavy (non-hydrogen) atoms. The van der Waals surface area contributed by atoms with Gasteiger partial charge in [-0.1, -0.05) is 6.07 Å². The molecule has 0 aliphatic carbocycles. The molecule has 3 heterocycles. The topological polar surface area (TPSA) is 182 Å². The molecule has 2 atom stereocenters. The van der Waals surface area contributed by atoms with E-state index in [-0.39, 0.29) is 55.1 Å². The standard InChI is InChI=1S/C28H33N5O9S2/c1-40-22-5-7-23(8-6-22)44(38,39)32(12-14-34)13-15-41-27-18-20(25-3-2-16-43-25)17-24(42-27)28(35)30-11-10-29-26-9-4-21(19-31-26)33(36)37/h2-9,16-17,19-20,27,34H,10-15,18H2,1H3,(H,29,31)(H,30,35)/t20-,27+/m1/s1. The van der Waals surface area contributed by atoms with Gasteiger partial charge in [0.2, 0.25) is 16.3 Å². The number of carbonyl (C=O) groups excluding carboxylic acids is 1. The smallest absolute Gasteiger partial charge is 0.287 e. The van der Waals surface area contributed by atoms with Crippen molar-refractivity contribution >= 4 is 38.8 Å². The summed E-state index contributed by atoms with van der Waals surface area (Å²) in [6.45, 7) is -0.0749. The number of nitro groups is 1. The monoisotopic (exact) mass is 647 g/mol. The van der Waals surface area contributed by atoms with E-state index >= 15 is 0 Å². The highest BCUT2D eigenvalue weighted by Gasteiger charge is 2.30. The summed E-state index contributed by atoms with van der Waals surface area (Å²) in [6, 6.07) is 12.6. The first kappa shape index (κ1) is 32.8.